The molecule has 112 valence electrons. The zero-order valence-corrected chi connectivity index (χ0v) is 17.3. The molecule has 0 radical (unpaired) electrons. The van der Waals surface area contributed by atoms with Crippen molar-refractivity contribution in [2.24, 2.45) is 0 Å². The van der Waals surface area contributed by atoms with Gasteiger partial charge in [0.1, 0.15) is 0 Å². The number of benzene rings is 2. The minimum absolute atomic E-state index is 0.252. The first-order valence-electron chi connectivity index (χ1n) is 7.23. The van der Waals surface area contributed by atoms with E-state index in [0.29, 0.717) is 0 Å². The molecule has 0 aromatic heterocycles. The summed E-state index contributed by atoms with van der Waals surface area (Å²) in [6, 6.07) is 6.56. The van der Waals surface area contributed by atoms with Gasteiger partial charge in [-0.05, 0) is 109 Å². The van der Waals surface area contributed by atoms with Gasteiger partial charge in [0.05, 0.1) is 4.83 Å². The topological polar surface area (TPSA) is 0 Å². The lowest BCUT2D eigenvalue weighted by Crippen LogP contribution is -2.07. The highest BCUT2D eigenvalue weighted by Crippen LogP contribution is 2.40. The monoisotopic (exact) mass is 456 g/mol. The van der Waals surface area contributed by atoms with E-state index in [-0.39, 0.29) is 4.83 Å². The van der Waals surface area contributed by atoms with Crippen LogP contribution in [0.4, 0.5) is 0 Å². The molecule has 0 aliphatic rings. The van der Waals surface area contributed by atoms with Gasteiger partial charge in [-0.2, -0.15) is 0 Å². The summed E-state index contributed by atoms with van der Waals surface area (Å²) in [5, 5.41) is 0. The van der Waals surface area contributed by atoms with Crippen LogP contribution in [0.25, 0.3) is 0 Å². The van der Waals surface area contributed by atoms with Gasteiger partial charge in [0, 0.05) is 3.57 Å². The predicted octanol–water partition coefficient (Wildman–Crippen LogP) is 6.63. The molecule has 0 spiro atoms. The Labute approximate surface area is 150 Å². The Morgan fingerprint density at radius 1 is 0.810 bits per heavy atom. The van der Waals surface area contributed by atoms with E-state index in [9.17, 15) is 0 Å². The van der Waals surface area contributed by atoms with Crippen molar-refractivity contribution in [1.29, 1.82) is 0 Å². The second-order valence-electron chi connectivity index (χ2n) is 5.88. The molecule has 0 N–H and O–H groups in total. The largest absolute Gasteiger partial charge is 0.0786 e. The third kappa shape index (κ3) is 2.94. The molecule has 0 amide bonds. The second-order valence-corrected chi connectivity index (χ2v) is 7.87. The van der Waals surface area contributed by atoms with E-state index in [2.05, 4.69) is 98.3 Å². The molecule has 2 aromatic carbocycles. The number of hydrogen-bond acceptors (Lipinski definition) is 0. The summed E-state index contributed by atoms with van der Waals surface area (Å²) >= 11 is 6.43. The molecular weight excluding hydrogens is 435 g/mol. The summed E-state index contributed by atoms with van der Waals surface area (Å²) in [5.41, 5.74) is 11.2. The summed E-state index contributed by atoms with van der Waals surface area (Å²) < 4.78 is 1.35. The molecule has 2 rings (SSSR count). The smallest absolute Gasteiger partial charge is 0.0660 e. The Hall–Kier alpha value is -0.350. The third-order valence-corrected chi connectivity index (χ3v) is 7.23. The third-order valence-electron chi connectivity index (χ3n) is 4.81. The maximum atomic E-state index is 3.97. The van der Waals surface area contributed by atoms with Gasteiger partial charge in [-0.15, -0.1) is 0 Å². The quantitative estimate of drug-likeness (QED) is 0.351. The van der Waals surface area contributed by atoms with E-state index in [1.807, 2.05) is 0 Å². The number of rotatable bonds is 2. The van der Waals surface area contributed by atoms with Crippen LogP contribution in [0.3, 0.4) is 0 Å². The van der Waals surface area contributed by atoms with Crippen molar-refractivity contribution in [2.75, 3.05) is 0 Å². The van der Waals surface area contributed by atoms with E-state index >= 15 is 0 Å². The van der Waals surface area contributed by atoms with Crippen molar-refractivity contribution < 1.29 is 0 Å². The standard InChI is InChI=1S/C19H22BrI/c1-10-8-7-9-16(19(10)21)18(20)17-14(5)12(3)11(2)13(4)15(17)6/h7-9,18H,1-6H3. The summed E-state index contributed by atoms with van der Waals surface area (Å²) in [6.07, 6.45) is 0. The van der Waals surface area contributed by atoms with Crippen molar-refractivity contribution in [3.05, 3.63) is 66.3 Å². The van der Waals surface area contributed by atoms with E-state index in [1.54, 1.807) is 0 Å². The fraction of sp³-hybridized carbons (Fsp3) is 0.368. The number of alkyl halides is 1. The van der Waals surface area contributed by atoms with Crippen molar-refractivity contribution in [2.45, 2.75) is 46.4 Å². The Kier molecular flexibility index (Phi) is 5.19. The number of hydrogen-bond donors (Lipinski definition) is 0. The summed E-state index contributed by atoms with van der Waals surface area (Å²) in [6.45, 7) is 13.4. The minimum Gasteiger partial charge on any atom is -0.0786 e. The van der Waals surface area contributed by atoms with Crippen molar-refractivity contribution in [3.63, 3.8) is 0 Å². The predicted molar refractivity (Wildman–Crippen MR) is 105 cm³/mol. The molecule has 1 unspecified atom stereocenters. The normalized spacial score (nSPS) is 12.6. The van der Waals surface area contributed by atoms with Gasteiger partial charge in [-0.25, -0.2) is 0 Å². The first kappa shape index (κ1) is 17.0. The van der Waals surface area contributed by atoms with Crippen LogP contribution in [0.5, 0.6) is 0 Å². The fourth-order valence-corrected chi connectivity index (χ4v) is 5.10. The molecule has 21 heavy (non-hydrogen) atoms. The van der Waals surface area contributed by atoms with Gasteiger partial charge in [0.15, 0.2) is 0 Å². The SMILES string of the molecule is Cc1cccc(C(Br)c2c(C)c(C)c(C)c(C)c2C)c1I. The van der Waals surface area contributed by atoms with Gasteiger partial charge in [0.25, 0.3) is 0 Å². The molecule has 1 atom stereocenters. The zero-order chi connectivity index (χ0) is 15.9. The molecule has 0 nitrogen and oxygen atoms in total. The molecule has 0 saturated heterocycles. The summed E-state index contributed by atoms with van der Waals surface area (Å²) in [7, 11) is 0. The van der Waals surface area contributed by atoms with Crippen LogP contribution in [0.15, 0.2) is 18.2 Å². The van der Waals surface area contributed by atoms with Crippen molar-refractivity contribution in [3.8, 4) is 0 Å². The maximum Gasteiger partial charge on any atom is 0.0660 e. The molecule has 0 saturated carbocycles. The average molecular weight is 457 g/mol. The van der Waals surface area contributed by atoms with Gasteiger partial charge < -0.3 is 0 Å². The fourth-order valence-electron chi connectivity index (χ4n) is 2.93. The van der Waals surface area contributed by atoms with Gasteiger partial charge >= 0.3 is 0 Å². The first-order chi connectivity index (χ1) is 9.77. The lowest BCUT2D eigenvalue weighted by Gasteiger charge is -2.23. The highest BCUT2D eigenvalue weighted by molar-refractivity contribution is 14.1. The summed E-state index contributed by atoms with van der Waals surface area (Å²) in [5.74, 6) is 0. The van der Waals surface area contributed by atoms with Gasteiger partial charge in [-0.3, -0.25) is 0 Å². The molecule has 2 heteroatoms. The molecule has 2 aromatic rings. The van der Waals surface area contributed by atoms with Crippen LogP contribution in [-0.4, -0.2) is 0 Å². The van der Waals surface area contributed by atoms with Crippen LogP contribution in [0.1, 0.15) is 49.3 Å². The highest BCUT2D eigenvalue weighted by Gasteiger charge is 2.21. The number of aryl methyl sites for hydroxylation is 1. The van der Waals surface area contributed by atoms with Gasteiger partial charge in [0.2, 0.25) is 0 Å². The van der Waals surface area contributed by atoms with Crippen LogP contribution < -0.4 is 0 Å². The zero-order valence-electron chi connectivity index (χ0n) is 13.6. The van der Waals surface area contributed by atoms with E-state index in [0.717, 1.165) is 0 Å². The van der Waals surface area contributed by atoms with Gasteiger partial charge in [-0.1, -0.05) is 34.1 Å². The number of halogens is 2. The molecule has 0 bridgehead atoms. The van der Waals surface area contributed by atoms with Crippen molar-refractivity contribution in [1.82, 2.24) is 0 Å². The summed E-state index contributed by atoms with van der Waals surface area (Å²) in [4.78, 5) is 0.252. The maximum absolute atomic E-state index is 3.97. The molecule has 0 heterocycles. The Balaban J connectivity index is 2.70. The Morgan fingerprint density at radius 3 is 1.81 bits per heavy atom. The van der Waals surface area contributed by atoms with Crippen LogP contribution in [0.2, 0.25) is 0 Å². The second kappa shape index (κ2) is 6.41. The molecular formula is C19H22BrI. The Bertz CT molecular complexity index is 672. The molecule has 0 aliphatic heterocycles. The average Bonchev–Trinajstić information content (AvgIpc) is 2.46. The van der Waals surface area contributed by atoms with Crippen LogP contribution >= 0.6 is 38.5 Å². The molecule has 0 fully saturated rings. The lowest BCUT2D eigenvalue weighted by molar-refractivity contribution is 1.05. The van der Waals surface area contributed by atoms with Crippen LogP contribution in [-0.2, 0) is 0 Å². The first-order valence-corrected chi connectivity index (χ1v) is 9.22. The van der Waals surface area contributed by atoms with E-state index in [4.69, 9.17) is 0 Å². The lowest BCUT2D eigenvalue weighted by atomic mass is 9.86. The van der Waals surface area contributed by atoms with Crippen molar-refractivity contribution >= 4 is 38.5 Å². The highest BCUT2D eigenvalue weighted by atomic mass is 127. The minimum atomic E-state index is 0.252. The van der Waals surface area contributed by atoms with E-state index in [1.165, 1.54) is 48.1 Å². The Morgan fingerprint density at radius 2 is 1.29 bits per heavy atom. The molecule has 0 aliphatic carbocycles. The van der Waals surface area contributed by atoms with E-state index < -0.39 is 0 Å². The van der Waals surface area contributed by atoms with Crippen LogP contribution in [0, 0.1) is 45.1 Å².